The van der Waals surface area contributed by atoms with Crippen LogP contribution in [-0.2, 0) is 0 Å². The average molecular weight is 204 g/mol. The lowest BCUT2D eigenvalue weighted by Gasteiger charge is -2.05. The molecule has 1 rings (SSSR count). The van der Waals surface area contributed by atoms with Crippen molar-refractivity contribution in [3.05, 3.63) is 41.5 Å². The highest BCUT2D eigenvalue weighted by molar-refractivity contribution is 5.72. The molecule has 0 unspecified atom stereocenters. The van der Waals surface area contributed by atoms with Crippen molar-refractivity contribution in [2.24, 2.45) is 5.73 Å². The van der Waals surface area contributed by atoms with Gasteiger partial charge in [0.25, 0.3) is 0 Å². The normalized spacial score (nSPS) is 11.1. The molecule has 0 heterocycles. The largest absolute Gasteiger partial charge is 0.352 e. The molecule has 0 aliphatic heterocycles. The number of carbonyl (C=O) groups excluding carboxylic acids is 1. The topological polar surface area (TPSA) is 55.1 Å². The summed E-state index contributed by atoms with van der Waals surface area (Å²) in [7, 11) is 0. The van der Waals surface area contributed by atoms with Crippen molar-refractivity contribution in [2.45, 2.75) is 13.3 Å². The van der Waals surface area contributed by atoms with Gasteiger partial charge in [0.15, 0.2) is 0 Å². The number of hydrogen-bond acceptors (Lipinski definition) is 1. The molecule has 0 atom stereocenters. The zero-order valence-corrected chi connectivity index (χ0v) is 8.86. The minimum absolute atomic E-state index is 0.484. The van der Waals surface area contributed by atoms with E-state index in [1.807, 2.05) is 30.3 Å². The molecule has 3 nitrogen and oxygen atoms in total. The van der Waals surface area contributed by atoms with Crippen LogP contribution in [0.4, 0.5) is 4.79 Å². The van der Waals surface area contributed by atoms with Crippen LogP contribution in [0.5, 0.6) is 0 Å². The Kier molecular flexibility index (Phi) is 4.41. The van der Waals surface area contributed by atoms with Gasteiger partial charge in [0, 0.05) is 6.54 Å². The quantitative estimate of drug-likeness (QED) is 0.775. The minimum atomic E-state index is -0.484. The second kappa shape index (κ2) is 5.86. The van der Waals surface area contributed by atoms with Crippen LogP contribution in [0.25, 0.3) is 6.08 Å². The van der Waals surface area contributed by atoms with E-state index in [0.29, 0.717) is 6.54 Å². The molecule has 1 aromatic rings. The minimum Gasteiger partial charge on any atom is -0.352 e. The summed E-state index contributed by atoms with van der Waals surface area (Å²) in [6.45, 7) is 2.57. The number of urea groups is 1. The van der Waals surface area contributed by atoms with Crippen LogP contribution in [0, 0.1) is 0 Å². The molecule has 0 saturated heterocycles. The third-order valence-electron chi connectivity index (χ3n) is 2.11. The van der Waals surface area contributed by atoms with Crippen molar-refractivity contribution in [3.63, 3.8) is 0 Å². The predicted molar refractivity (Wildman–Crippen MR) is 62.3 cm³/mol. The SMILES string of the molecule is CC/C(=C/c1ccccc1)CNC(N)=O. The first-order valence-electron chi connectivity index (χ1n) is 5.00. The predicted octanol–water partition coefficient (Wildman–Crippen LogP) is 2.15. The molecule has 3 heteroatoms. The zero-order valence-electron chi connectivity index (χ0n) is 8.86. The third kappa shape index (κ3) is 4.31. The highest BCUT2D eigenvalue weighted by Gasteiger charge is 1.96. The average Bonchev–Trinajstić information content (AvgIpc) is 2.25. The molecule has 0 aliphatic rings. The lowest BCUT2D eigenvalue weighted by Crippen LogP contribution is -2.30. The van der Waals surface area contributed by atoms with Gasteiger partial charge in [-0.2, -0.15) is 0 Å². The summed E-state index contributed by atoms with van der Waals surface area (Å²) >= 11 is 0. The second-order valence-electron chi connectivity index (χ2n) is 3.28. The molecule has 0 spiro atoms. The van der Waals surface area contributed by atoms with Crippen LogP contribution in [0.3, 0.4) is 0 Å². The smallest absolute Gasteiger partial charge is 0.312 e. The van der Waals surface area contributed by atoms with Crippen LogP contribution in [0.2, 0.25) is 0 Å². The van der Waals surface area contributed by atoms with Gasteiger partial charge < -0.3 is 11.1 Å². The maximum Gasteiger partial charge on any atom is 0.312 e. The molecule has 0 aliphatic carbocycles. The lowest BCUT2D eigenvalue weighted by molar-refractivity contribution is 0.249. The number of nitrogens with one attached hydrogen (secondary N) is 1. The number of benzene rings is 1. The molecule has 0 radical (unpaired) electrons. The first-order valence-corrected chi connectivity index (χ1v) is 5.00. The van der Waals surface area contributed by atoms with Crippen molar-refractivity contribution in [1.82, 2.24) is 5.32 Å². The van der Waals surface area contributed by atoms with Crippen LogP contribution in [0.15, 0.2) is 35.9 Å². The highest BCUT2D eigenvalue weighted by atomic mass is 16.2. The van der Waals surface area contributed by atoms with Crippen LogP contribution >= 0.6 is 0 Å². The molecule has 80 valence electrons. The van der Waals surface area contributed by atoms with E-state index in [4.69, 9.17) is 5.73 Å². The lowest BCUT2D eigenvalue weighted by atomic mass is 10.1. The van der Waals surface area contributed by atoms with E-state index in [2.05, 4.69) is 18.3 Å². The Labute approximate surface area is 90.0 Å². The highest BCUT2D eigenvalue weighted by Crippen LogP contribution is 2.08. The fourth-order valence-electron chi connectivity index (χ4n) is 1.26. The molecule has 1 aromatic carbocycles. The van der Waals surface area contributed by atoms with Gasteiger partial charge in [-0.05, 0) is 12.0 Å². The second-order valence-corrected chi connectivity index (χ2v) is 3.28. The van der Waals surface area contributed by atoms with Crippen molar-refractivity contribution < 1.29 is 4.79 Å². The van der Waals surface area contributed by atoms with Gasteiger partial charge in [-0.25, -0.2) is 4.79 Å². The maximum absolute atomic E-state index is 10.6. The van der Waals surface area contributed by atoms with E-state index in [1.54, 1.807) is 0 Å². The Morgan fingerprint density at radius 2 is 2.07 bits per heavy atom. The van der Waals surface area contributed by atoms with Crippen LogP contribution in [0.1, 0.15) is 18.9 Å². The fourth-order valence-corrected chi connectivity index (χ4v) is 1.26. The molecule has 0 aromatic heterocycles. The summed E-state index contributed by atoms with van der Waals surface area (Å²) in [6, 6.07) is 9.52. The van der Waals surface area contributed by atoms with Gasteiger partial charge in [0.2, 0.25) is 0 Å². The Morgan fingerprint density at radius 1 is 1.40 bits per heavy atom. The summed E-state index contributed by atoms with van der Waals surface area (Å²) in [4.78, 5) is 10.6. The summed E-state index contributed by atoms with van der Waals surface area (Å²) in [5.74, 6) is 0. The molecule has 0 fully saturated rings. The van der Waals surface area contributed by atoms with Gasteiger partial charge >= 0.3 is 6.03 Å². The van der Waals surface area contributed by atoms with E-state index in [-0.39, 0.29) is 0 Å². The molecule has 3 N–H and O–H groups in total. The van der Waals surface area contributed by atoms with Crippen LogP contribution < -0.4 is 11.1 Å². The first-order chi connectivity index (χ1) is 7.22. The number of amides is 2. The van der Waals surface area contributed by atoms with Gasteiger partial charge in [0.1, 0.15) is 0 Å². The number of carbonyl (C=O) groups is 1. The molecule has 0 saturated carbocycles. The van der Waals surface area contributed by atoms with E-state index >= 15 is 0 Å². The van der Waals surface area contributed by atoms with Crippen molar-refractivity contribution >= 4 is 12.1 Å². The van der Waals surface area contributed by atoms with Crippen molar-refractivity contribution in [3.8, 4) is 0 Å². The van der Waals surface area contributed by atoms with Gasteiger partial charge in [0.05, 0.1) is 0 Å². The van der Waals surface area contributed by atoms with Crippen molar-refractivity contribution in [1.29, 1.82) is 0 Å². The number of primary amides is 1. The Morgan fingerprint density at radius 3 is 2.60 bits per heavy atom. The van der Waals surface area contributed by atoms with E-state index in [9.17, 15) is 4.79 Å². The zero-order chi connectivity index (χ0) is 11.1. The molecular weight excluding hydrogens is 188 g/mol. The Bertz CT molecular complexity index is 344. The summed E-state index contributed by atoms with van der Waals surface area (Å²) in [5, 5.41) is 2.59. The van der Waals surface area contributed by atoms with Gasteiger partial charge in [-0.3, -0.25) is 0 Å². The third-order valence-corrected chi connectivity index (χ3v) is 2.11. The molecule has 15 heavy (non-hydrogen) atoms. The monoisotopic (exact) mass is 204 g/mol. The Hall–Kier alpha value is -1.77. The van der Waals surface area contributed by atoms with Gasteiger partial charge in [-0.1, -0.05) is 48.9 Å². The molecular formula is C12H16N2O. The summed E-state index contributed by atoms with van der Waals surface area (Å²) in [6.07, 6.45) is 2.96. The standard InChI is InChI=1S/C12H16N2O/c1-2-10(9-14-12(13)15)8-11-6-4-3-5-7-11/h3-8H,2,9H2,1H3,(H3,13,14,15)/b10-8-. The van der Waals surface area contributed by atoms with Crippen molar-refractivity contribution in [2.75, 3.05) is 6.54 Å². The fraction of sp³-hybridized carbons (Fsp3) is 0.250. The number of rotatable bonds is 4. The van der Waals surface area contributed by atoms with Crippen LogP contribution in [-0.4, -0.2) is 12.6 Å². The van der Waals surface area contributed by atoms with E-state index in [0.717, 1.165) is 17.6 Å². The summed E-state index contributed by atoms with van der Waals surface area (Å²) in [5.41, 5.74) is 7.30. The van der Waals surface area contributed by atoms with Gasteiger partial charge in [-0.15, -0.1) is 0 Å². The number of nitrogens with two attached hydrogens (primary N) is 1. The number of hydrogen-bond donors (Lipinski definition) is 2. The Balaban J connectivity index is 2.65. The summed E-state index contributed by atoms with van der Waals surface area (Å²) < 4.78 is 0. The molecule has 2 amide bonds. The first kappa shape index (κ1) is 11.3. The molecule has 0 bridgehead atoms. The van der Waals surface area contributed by atoms with E-state index < -0.39 is 6.03 Å². The maximum atomic E-state index is 10.6. The van der Waals surface area contributed by atoms with E-state index in [1.165, 1.54) is 0 Å².